The smallest absolute Gasteiger partial charge is 0.218 e. The van der Waals surface area contributed by atoms with Crippen LogP contribution in [0.2, 0.25) is 0 Å². The van der Waals surface area contributed by atoms with Crippen molar-refractivity contribution >= 4 is 5.91 Å². The summed E-state index contributed by atoms with van der Waals surface area (Å²) in [5.74, 6) is -11.3. The molecule has 0 bridgehead atoms. The highest BCUT2D eigenvalue weighted by molar-refractivity contribution is 5.76. The summed E-state index contributed by atoms with van der Waals surface area (Å²) in [6.07, 6.45) is -0.630. The lowest BCUT2D eigenvalue weighted by molar-refractivity contribution is -0.118. The van der Waals surface area contributed by atoms with Crippen molar-refractivity contribution in [2.45, 2.75) is 18.8 Å². The minimum absolute atomic E-state index is 0.196. The SMILES string of the molecule is CC(CC(N)=O)(c1ccccc1)c1c(F)c(F)c(F)c(F)c1F. The molecule has 1 unspecified atom stereocenters. The first-order chi connectivity index (χ1) is 10.7. The van der Waals surface area contributed by atoms with Crippen LogP contribution in [0.5, 0.6) is 0 Å². The van der Waals surface area contributed by atoms with E-state index in [1.165, 1.54) is 31.2 Å². The molecule has 122 valence electrons. The van der Waals surface area contributed by atoms with Gasteiger partial charge in [-0.15, -0.1) is 0 Å². The van der Waals surface area contributed by atoms with Crippen molar-refractivity contribution in [3.05, 3.63) is 70.5 Å². The van der Waals surface area contributed by atoms with E-state index < -0.39 is 52.4 Å². The van der Waals surface area contributed by atoms with E-state index in [4.69, 9.17) is 5.73 Å². The Kier molecular flexibility index (Phi) is 4.40. The largest absolute Gasteiger partial charge is 0.370 e. The van der Waals surface area contributed by atoms with Gasteiger partial charge in [-0.3, -0.25) is 4.79 Å². The van der Waals surface area contributed by atoms with Crippen LogP contribution < -0.4 is 5.73 Å². The Hall–Kier alpha value is -2.44. The molecule has 0 spiro atoms. The summed E-state index contributed by atoms with van der Waals surface area (Å²) in [6.45, 7) is 1.20. The summed E-state index contributed by atoms with van der Waals surface area (Å²) in [7, 11) is 0. The first kappa shape index (κ1) is 16.9. The highest BCUT2D eigenvalue weighted by Crippen LogP contribution is 2.40. The molecule has 0 radical (unpaired) electrons. The Morgan fingerprint density at radius 1 is 0.913 bits per heavy atom. The van der Waals surface area contributed by atoms with Gasteiger partial charge in [0, 0.05) is 17.4 Å². The zero-order chi connectivity index (χ0) is 17.4. The van der Waals surface area contributed by atoms with E-state index >= 15 is 0 Å². The molecule has 0 saturated heterocycles. The highest BCUT2D eigenvalue weighted by Gasteiger charge is 2.40. The number of primary amides is 1. The Balaban J connectivity index is 2.84. The molecule has 2 rings (SSSR count). The molecule has 0 aliphatic heterocycles. The molecule has 0 aliphatic rings. The number of carbonyl (C=O) groups is 1. The van der Waals surface area contributed by atoms with E-state index in [1.807, 2.05) is 0 Å². The maximum Gasteiger partial charge on any atom is 0.218 e. The van der Waals surface area contributed by atoms with Gasteiger partial charge < -0.3 is 5.73 Å². The van der Waals surface area contributed by atoms with Crippen molar-refractivity contribution in [2.75, 3.05) is 0 Å². The zero-order valence-corrected chi connectivity index (χ0v) is 12.0. The summed E-state index contributed by atoms with van der Waals surface area (Å²) in [4.78, 5) is 11.3. The monoisotopic (exact) mass is 329 g/mol. The van der Waals surface area contributed by atoms with Crippen LogP contribution in [0, 0.1) is 29.1 Å². The zero-order valence-electron chi connectivity index (χ0n) is 12.0. The summed E-state index contributed by atoms with van der Waals surface area (Å²) in [6, 6.07) is 7.47. The van der Waals surface area contributed by atoms with Crippen LogP contribution in [-0.4, -0.2) is 5.91 Å². The third-order valence-electron chi connectivity index (χ3n) is 3.70. The normalized spacial score (nSPS) is 13.7. The fourth-order valence-corrected chi connectivity index (χ4v) is 2.58. The fourth-order valence-electron chi connectivity index (χ4n) is 2.58. The Bertz CT molecular complexity index is 734. The molecule has 0 aromatic heterocycles. The number of nitrogens with two attached hydrogens (primary N) is 1. The van der Waals surface area contributed by atoms with Gasteiger partial charge in [-0.1, -0.05) is 37.3 Å². The molecule has 1 atom stereocenters. The van der Waals surface area contributed by atoms with E-state index in [1.54, 1.807) is 6.07 Å². The van der Waals surface area contributed by atoms with Gasteiger partial charge in [0.1, 0.15) is 0 Å². The Morgan fingerprint density at radius 3 is 1.78 bits per heavy atom. The van der Waals surface area contributed by atoms with Crippen molar-refractivity contribution in [2.24, 2.45) is 5.73 Å². The quantitative estimate of drug-likeness (QED) is 0.520. The van der Waals surface area contributed by atoms with Gasteiger partial charge in [0.25, 0.3) is 0 Å². The number of amides is 1. The number of carbonyl (C=O) groups excluding carboxylic acids is 1. The molecule has 0 heterocycles. The van der Waals surface area contributed by atoms with Crippen molar-refractivity contribution in [1.29, 1.82) is 0 Å². The number of hydrogen-bond acceptors (Lipinski definition) is 1. The van der Waals surface area contributed by atoms with Gasteiger partial charge >= 0.3 is 0 Å². The fraction of sp³-hybridized carbons (Fsp3) is 0.188. The molecule has 0 fully saturated rings. The second kappa shape index (κ2) is 5.98. The van der Waals surface area contributed by atoms with Crippen LogP contribution >= 0.6 is 0 Å². The van der Waals surface area contributed by atoms with Crippen LogP contribution in [0.15, 0.2) is 30.3 Å². The van der Waals surface area contributed by atoms with Crippen molar-refractivity contribution in [1.82, 2.24) is 0 Å². The summed E-state index contributed by atoms with van der Waals surface area (Å²) < 4.78 is 68.6. The lowest BCUT2D eigenvalue weighted by Gasteiger charge is -2.30. The molecule has 2 N–H and O–H groups in total. The molecular formula is C16H12F5NO. The number of benzene rings is 2. The molecule has 2 nitrogen and oxygen atoms in total. The predicted octanol–water partition coefficient (Wildman–Crippen LogP) is 3.56. The lowest BCUT2D eigenvalue weighted by Crippen LogP contribution is -2.33. The van der Waals surface area contributed by atoms with Crippen LogP contribution in [0.3, 0.4) is 0 Å². The summed E-state index contributed by atoms with van der Waals surface area (Å²) >= 11 is 0. The minimum atomic E-state index is -2.25. The Labute approximate surface area is 128 Å². The molecule has 23 heavy (non-hydrogen) atoms. The van der Waals surface area contributed by atoms with Crippen LogP contribution in [0.4, 0.5) is 22.0 Å². The third kappa shape index (κ3) is 2.78. The molecule has 1 amide bonds. The molecule has 2 aromatic carbocycles. The standard InChI is InChI=1S/C16H12F5NO/c1-16(7-9(22)23,8-5-3-2-4-6-8)10-11(17)13(19)15(21)14(20)12(10)18/h2-6H,7H2,1H3,(H2,22,23). The molecular weight excluding hydrogens is 317 g/mol. The van der Waals surface area contributed by atoms with Crippen molar-refractivity contribution in [3.8, 4) is 0 Å². The van der Waals surface area contributed by atoms with E-state index in [9.17, 15) is 26.7 Å². The van der Waals surface area contributed by atoms with Gasteiger partial charge in [0.05, 0.1) is 0 Å². The van der Waals surface area contributed by atoms with Gasteiger partial charge in [0.2, 0.25) is 11.7 Å². The highest BCUT2D eigenvalue weighted by atomic mass is 19.2. The number of hydrogen-bond donors (Lipinski definition) is 1. The maximum atomic E-state index is 14.2. The van der Waals surface area contributed by atoms with Gasteiger partial charge in [-0.25, -0.2) is 22.0 Å². The van der Waals surface area contributed by atoms with E-state index in [-0.39, 0.29) is 5.56 Å². The second-order valence-electron chi connectivity index (χ2n) is 5.29. The molecule has 2 aromatic rings. The molecule has 0 saturated carbocycles. The van der Waals surface area contributed by atoms with Gasteiger partial charge in [0.15, 0.2) is 23.3 Å². The summed E-state index contributed by atoms with van der Waals surface area (Å²) in [5, 5.41) is 0. The first-order valence-corrected chi connectivity index (χ1v) is 6.56. The summed E-state index contributed by atoms with van der Waals surface area (Å²) in [5.41, 5.74) is 2.42. The topological polar surface area (TPSA) is 43.1 Å². The van der Waals surface area contributed by atoms with Crippen LogP contribution in [0.1, 0.15) is 24.5 Å². The minimum Gasteiger partial charge on any atom is -0.370 e. The average Bonchev–Trinajstić information content (AvgIpc) is 2.51. The maximum absolute atomic E-state index is 14.2. The first-order valence-electron chi connectivity index (χ1n) is 6.56. The van der Waals surface area contributed by atoms with Crippen LogP contribution in [-0.2, 0) is 10.2 Å². The lowest BCUT2D eigenvalue weighted by atomic mass is 9.73. The van der Waals surface area contributed by atoms with Crippen molar-refractivity contribution < 1.29 is 26.7 Å². The average molecular weight is 329 g/mol. The third-order valence-corrected chi connectivity index (χ3v) is 3.70. The predicted molar refractivity (Wildman–Crippen MR) is 72.9 cm³/mol. The van der Waals surface area contributed by atoms with Gasteiger partial charge in [-0.2, -0.15) is 0 Å². The molecule has 7 heteroatoms. The van der Waals surface area contributed by atoms with Gasteiger partial charge in [-0.05, 0) is 5.56 Å². The van der Waals surface area contributed by atoms with E-state index in [2.05, 4.69) is 0 Å². The van der Waals surface area contributed by atoms with E-state index in [0.29, 0.717) is 0 Å². The number of rotatable bonds is 4. The Morgan fingerprint density at radius 2 is 1.35 bits per heavy atom. The van der Waals surface area contributed by atoms with Crippen molar-refractivity contribution in [3.63, 3.8) is 0 Å². The molecule has 0 aliphatic carbocycles. The second-order valence-corrected chi connectivity index (χ2v) is 5.29. The number of halogens is 5. The van der Waals surface area contributed by atoms with E-state index in [0.717, 1.165) is 0 Å². The van der Waals surface area contributed by atoms with Crippen LogP contribution in [0.25, 0.3) is 0 Å².